The van der Waals surface area contributed by atoms with E-state index in [1.807, 2.05) is 0 Å². The lowest BCUT2D eigenvalue weighted by atomic mass is 10.2. The van der Waals surface area contributed by atoms with Crippen LogP contribution in [0.15, 0.2) is 48.5 Å². The third-order valence-corrected chi connectivity index (χ3v) is 5.39. The Kier molecular flexibility index (Phi) is 5.33. The molecule has 2 aromatic rings. The van der Waals surface area contributed by atoms with Gasteiger partial charge in [-0.05, 0) is 36.4 Å². The maximum absolute atomic E-state index is 14.0. The predicted octanol–water partition coefficient (Wildman–Crippen LogP) is 2.56. The number of hydrogen-bond donors (Lipinski definition) is 0. The summed E-state index contributed by atoms with van der Waals surface area (Å²) in [6.07, 6.45) is 0. The van der Waals surface area contributed by atoms with Gasteiger partial charge in [-0.25, -0.2) is 13.6 Å². The molecule has 0 N–H and O–H groups in total. The van der Waals surface area contributed by atoms with Gasteiger partial charge in [0, 0.05) is 45.0 Å². The largest absolute Gasteiger partial charge is 0.368 e. The van der Waals surface area contributed by atoms with E-state index in [9.17, 15) is 18.4 Å². The molecule has 8 heteroatoms. The fourth-order valence-electron chi connectivity index (χ4n) is 3.75. The lowest BCUT2D eigenvalue weighted by molar-refractivity contribution is -0.131. The number of halogens is 2. The molecule has 0 spiro atoms. The van der Waals surface area contributed by atoms with E-state index >= 15 is 0 Å². The molecule has 0 aromatic heterocycles. The van der Waals surface area contributed by atoms with Gasteiger partial charge in [0.25, 0.3) is 0 Å². The minimum atomic E-state index is -0.453. The fraction of sp³-hybridized carbons (Fsp3) is 0.333. The molecule has 2 saturated heterocycles. The number of benzene rings is 2. The third kappa shape index (κ3) is 4.01. The molecule has 152 valence electrons. The van der Waals surface area contributed by atoms with Crippen molar-refractivity contribution in [2.75, 3.05) is 55.6 Å². The minimum absolute atomic E-state index is 0.0136. The number of urea groups is 1. The molecule has 6 nitrogen and oxygen atoms in total. The van der Waals surface area contributed by atoms with Gasteiger partial charge in [0.15, 0.2) is 0 Å². The van der Waals surface area contributed by atoms with E-state index < -0.39 is 5.82 Å². The number of carbonyl (C=O) groups excluding carboxylic acids is 2. The van der Waals surface area contributed by atoms with E-state index in [4.69, 9.17) is 0 Å². The fourth-order valence-corrected chi connectivity index (χ4v) is 3.75. The van der Waals surface area contributed by atoms with Gasteiger partial charge in [-0.3, -0.25) is 9.69 Å². The topological polar surface area (TPSA) is 47.1 Å². The number of carbonyl (C=O) groups is 2. The number of hydrogen-bond acceptors (Lipinski definition) is 3. The van der Waals surface area contributed by atoms with E-state index in [1.165, 1.54) is 28.0 Å². The van der Waals surface area contributed by atoms with Gasteiger partial charge in [0.1, 0.15) is 18.2 Å². The number of anilines is 2. The summed E-state index contributed by atoms with van der Waals surface area (Å²) in [7, 11) is 0. The summed E-state index contributed by atoms with van der Waals surface area (Å²) >= 11 is 0. The Morgan fingerprint density at radius 3 is 2.24 bits per heavy atom. The molecule has 0 unspecified atom stereocenters. The Morgan fingerprint density at radius 2 is 1.55 bits per heavy atom. The van der Waals surface area contributed by atoms with E-state index in [2.05, 4.69) is 4.90 Å². The van der Waals surface area contributed by atoms with Crippen LogP contribution in [0.1, 0.15) is 0 Å². The van der Waals surface area contributed by atoms with E-state index in [-0.39, 0.29) is 30.0 Å². The second kappa shape index (κ2) is 8.06. The molecule has 0 bridgehead atoms. The molecular weight excluding hydrogens is 378 g/mol. The number of nitrogens with zero attached hydrogens (tertiary/aromatic N) is 4. The Bertz CT molecular complexity index is 898. The van der Waals surface area contributed by atoms with E-state index in [0.717, 1.165) is 5.69 Å². The highest BCUT2D eigenvalue weighted by molar-refractivity contribution is 5.96. The molecule has 2 fully saturated rings. The molecule has 0 radical (unpaired) electrons. The lowest BCUT2D eigenvalue weighted by Crippen LogP contribution is -2.51. The normalized spacial score (nSPS) is 17.2. The van der Waals surface area contributed by atoms with Crippen LogP contribution < -0.4 is 9.80 Å². The van der Waals surface area contributed by atoms with Crippen LogP contribution in [-0.2, 0) is 4.79 Å². The van der Waals surface area contributed by atoms with Gasteiger partial charge >= 0.3 is 6.03 Å². The van der Waals surface area contributed by atoms with Gasteiger partial charge < -0.3 is 14.7 Å². The highest BCUT2D eigenvalue weighted by atomic mass is 19.1. The minimum Gasteiger partial charge on any atom is -0.368 e. The molecule has 2 aromatic carbocycles. The monoisotopic (exact) mass is 400 g/mol. The van der Waals surface area contributed by atoms with Gasteiger partial charge in [-0.1, -0.05) is 12.1 Å². The van der Waals surface area contributed by atoms with Crippen LogP contribution >= 0.6 is 0 Å². The average molecular weight is 400 g/mol. The van der Waals surface area contributed by atoms with Gasteiger partial charge in [-0.2, -0.15) is 0 Å². The van der Waals surface area contributed by atoms with E-state index in [1.54, 1.807) is 35.2 Å². The number of rotatable bonds is 4. The second-order valence-electron chi connectivity index (χ2n) is 7.15. The molecule has 3 amide bonds. The van der Waals surface area contributed by atoms with Gasteiger partial charge in [0.2, 0.25) is 5.91 Å². The first kappa shape index (κ1) is 19.2. The van der Waals surface area contributed by atoms with Crippen molar-refractivity contribution in [3.63, 3.8) is 0 Å². The molecule has 0 atom stereocenters. The molecule has 4 rings (SSSR count). The smallest absolute Gasteiger partial charge is 0.325 e. The van der Waals surface area contributed by atoms with Crippen LogP contribution in [0.5, 0.6) is 0 Å². The van der Waals surface area contributed by atoms with Crippen molar-refractivity contribution >= 4 is 23.3 Å². The zero-order valence-electron chi connectivity index (χ0n) is 15.9. The molecule has 29 heavy (non-hydrogen) atoms. The maximum Gasteiger partial charge on any atom is 0.325 e. The first-order chi connectivity index (χ1) is 14.0. The summed E-state index contributed by atoms with van der Waals surface area (Å²) in [5.74, 6) is -0.847. The lowest BCUT2D eigenvalue weighted by Gasteiger charge is -2.36. The first-order valence-electron chi connectivity index (χ1n) is 9.62. The summed E-state index contributed by atoms with van der Waals surface area (Å²) in [4.78, 5) is 32.0. The zero-order valence-corrected chi connectivity index (χ0v) is 15.9. The first-order valence-corrected chi connectivity index (χ1v) is 9.62. The zero-order chi connectivity index (χ0) is 20.4. The molecule has 2 heterocycles. The Morgan fingerprint density at radius 1 is 0.862 bits per heavy atom. The van der Waals surface area contributed by atoms with Crippen LogP contribution in [0.2, 0.25) is 0 Å². The summed E-state index contributed by atoms with van der Waals surface area (Å²) < 4.78 is 27.1. The van der Waals surface area contributed by atoms with Crippen LogP contribution in [0, 0.1) is 11.6 Å². The van der Waals surface area contributed by atoms with Gasteiger partial charge in [0.05, 0.1) is 5.69 Å². The van der Waals surface area contributed by atoms with Crippen LogP contribution in [-0.4, -0.2) is 67.6 Å². The van der Waals surface area contributed by atoms with Crippen molar-refractivity contribution < 1.29 is 18.4 Å². The van der Waals surface area contributed by atoms with Gasteiger partial charge in [-0.15, -0.1) is 0 Å². The summed E-state index contributed by atoms with van der Waals surface area (Å²) in [6, 6.07) is 12.1. The third-order valence-electron chi connectivity index (χ3n) is 5.39. The summed E-state index contributed by atoms with van der Waals surface area (Å²) in [6.45, 7) is 3.09. The molecular formula is C21H22F2N4O2. The molecule has 2 aliphatic rings. The average Bonchev–Trinajstić information content (AvgIpc) is 3.09. The van der Waals surface area contributed by atoms with Crippen molar-refractivity contribution in [1.82, 2.24) is 9.80 Å². The Hall–Kier alpha value is -3.16. The predicted molar refractivity (Wildman–Crippen MR) is 106 cm³/mol. The Balaban J connectivity index is 1.32. The second-order valence-corrected chi connectivity index (χ2v) is 7.15. The standard InChI is InChI=1S/C21H22F2N4O2/c22-16-5-7-17(8-6-16)24-9-11-25(12-10-24)20(28)15-26-13-14-27(21(26)29)19-4-2-1-3-18(19)23/h1-8H,9-15H2. The molecule has 0 aliphatic carbocycles. The van der Waals surface area contributed by atoms with Crippen molar-refractivity contribution in [2.24, 2.45) is 0 Å². The van der Waals surface area contributed by atoms with Crippen molar-refractivity contribution in [3.8, 4) is 0 Å². The highest BCUT2D eigenvalue weighted by Gasteiger charge is 2.33. The summed E-state index contributed by atoms with van der Waals surface area (Å²) in [5.41, 5.74) is 1.16. The van der Waals surface area contributed by atoms with E-state index in [0.29, 0.717) is 39.3 Å². The maximum atomic E-state index is 14.0. The Labute approximate surface area is 167 Å². The number of piperazine rings is 1. The van der Waals surface area contributed by atoms with Crippen LogP contribution in [0.3, 0.4) is 0 Å². The SMILES string of the molecule is O=C(CN1CCN(c2ccccc2F)C1=O)N1CCN(c2ccc(F)cc2)CC1. The summed E-state index contributed by atoms with van der Waals surface area (Å²) in [5, 5.41) is 0. The van der Waals surface area contributed by atoms with Crippen LogP contribution in [0.4, 0.5) is 25.0 Å². The molecule has 2 aliphatic heterocycles. The van der Waals surface area contributed by atoms with Crippen molar-refractivity contribution in [2.45, 2.75) is 0 Å². The highest BCUT2D eigenvalue weighted by Crippen LogP contribution is 2.23. The molecule has 0 saturated carbocycles. The number of amides is 3. The van der Waals surface area contributed by atoms with Crippen molar-refractivity contribution in [3.05, 3.63) is 60.2 Å². The van der Waals surface area contributed by atoms with Crippen LogP contribution in [0.25, 0.3) is 0 Å². The van der Waals surface area contributed by atoms with Crippen molar-refractivity contribution in [1.29, 1.82) is 0 Å². The number of para-hydroxylation sites is 1. The quantitative estimate of drug-likeness (QED) is 0.793.